The van der Waals surface area contributed by atoms with E-state index in [1.165, 1.54) is 12.1 Å². The van der Waals surface area contributed by atoms with Gasteiger partial charge in [0.1, 0.15) is 5.82 Å². The van der Waals surface area contributed by atoms with E-state index in [0.29, 0.717) is 11.3 Å². The molecule has 0 bridgehead atoms. The Kier molecular flexibility index (Phi) is 4.72. The fourth-order valence-electron chi connectivity index (χ4n) is 3.37. The number of halogens is 4. The van der Waals surface area contributed by atoms with Crippen molar-refractivity contribution in [2.75, 3.05) is 11.9 Å². The number of anilines is 1. The van der Waals surface area contributed by atoms with Crippen molar-refractivity contribution in [2.45, 2.75) is 25.4 Å². The van der Waals surface area contributed by atoms with Gasteiger partial charge in [-0.05, 0) is 59.5 Å². The molecule has 0 radical (unpaired) electrons. The molecule has 2 aromatic carbocycles. The highest BCUT2D eigenvalue weighted by atomic mass is 79.9. The number of hydrogen-bond donors (Lipinski definition) is 1. The van der Waals surface area contributed by atoms with Crippen LogP contribution in [0.1, 0.15) is 24.0 Å². The van der Waals surface area contributed by atoms with Gasteiger partial charge in [0.15, 0.2) is 0 Å². The molecule has 0 amide bonds. The molecule has 0 saturated heterocycles. The number of rotatable bonds is 2. The normalized spacial score (nSPS) is 14.4. The molecule has 0 fully saturated rings. The highest BCUT2D eigenvalue weighted by Crippen LogP contribution is 2.37. The van der Waals surface area contributed by atoms with E-state index >= 15 is 0 Å². The van der Waals surface area contributed by atoms with E-state index in [2.05, 4.69) is 21.2 Å². The van der Waals surface area contributed by atoms with Crippen LogP contribution in [-0.2, 0) is 12.6 Å². The minimum absolute atomic E-state index is 0.482. The minimum atomic E-state index is -4.38. The van der Waals surface area contributed by atoms with Crippen molar-refractivity contribution in [3.8, 4) is 16.9 Å². The van der Waals surface area contributed by atoms with E-state index < -0.39 is 11.7 Å². The summed E-state index contributed by atoms with van der Waals surface area (Å²) in [6.07, 6.45) is -1.63. The van der Waals surface area contributed by atoms with Gasteiger partial charge in [-0.3, -0.25) is 0 Å². The van der Waals surface area contributed by atoms with Gasteiger partial charge in [0, 0.05) is 22.1 Å². The van der Waals surface area contributed by atoms with Gasteiger partial charge in [0.05, 0.1) is 16.9 Å². The maximum atomic E-state index is 13.2. The standard InChI is InChI=1S/C20H17BrF3N3/c21-16-9-1-2-10-17(16)27-19-15(8-3-4-11-25-19)18(26-27)13-6-5-7-14(12-13)20(22,23)24/h1-2,5-7,9-10,12,25H,3-4,8,11H2. The van der Waals surface area contributed by atoms with E-state index in [0.717, 1.165) is 53.4 Å². The topological polar surface area (TPSA) is 29.9 Å². The van der Waals surface area contributed by atoms with E-state index in [-0.39, 0.29) is 0 Å². The molecule has 27 heavy (non-hydrogen) atoms. The van der Waals surface area contributed by atoms with Crippen LogP contribution in [0.25, 0.3) is 16.9 Å². The third-order valence-corrected chi connectivity index (χ3v) is 5.34. The Morgan fingerprint density at radius 1 is 1.04 bits per heavy atom. The molecule has 0 atom stereocenters. The van der Waals surface area contributed by atoms with Crippen LogP contribution in [0.3, 0.4) is 0 Å². The molecule has 140 valence electrons. The van der Waals surface area contributed by atoms with Crippen LogP contribution in [-0.4, -0.2) is 16.3 Å². The summed E-state index contributed by atoms with van der Waals surface area (Å²) in [7, 11) is 0. The Balaban J connectivity index is 1.91. The van der Waals surface area contributed by atoms with Crippen molar-refractivity contribution in [3.05, 3.63) is 64.1 Å². The quantitative estimate of drug-likeness (QED) is 0.529. The molecule has 2 heterocycles. The van der Waals surface area contributed by atoms with Gasteiger partial charge in [0.25, 0.3) is 0 Å². The van der Waals surface area contributed by atoms with Crippen molar-refractivity contribution >= 4 is 21.7 Å². The molecule has 3 aromatic rings. The molecule has 1 N–H and O–H groups in total. The second kappa shape index (κ2) is 7.03. The average Bonchev–Trinajstić information content (AvgIpc) is 2.83. The van der Waals surface area contributed by atoms with Gasteiger partial charge in [-0.1, -0.05) is 24.3 Å². The molecule has 3 nitrogen and oxygen atoms in total. The monoisotopic (exact) mass is 435 g/mol. The number of fused-ring (bicyclic) bond motifs is 1. The van der Waals surface area contributed by atoms with Crippen LogP contribution in [0, 0.1) is 0 Å². The number of alkyl halides is 3. The number of nitrogens with zero attached hydrogens (tertiary/aromatic N) is 2. The zero-order valence-corrected chi connectivity index (χ0v) is 15.9. The Labute approximate surface area is 163 Å². The predicted molar refractivity (Wildman–Crippen MR) is 103 cm³/mol. The second-order valence-electron chi connectivity index (χ2n) is 6.50. The molecule has 1 aliphatic heterocycles. The maximum Gasteiger partial charge on any atom is 0.416 e. The first-order valence-corrected chi connectivity index (χ1v) is 9.53. The number of para-hydroxylation sites is 1. The van der Waals surface area contributed by atoms with Gasteiger partial charge in [-0.15, -0.1) is 0 Å². The Hall–Kier alpha value is -2.28. The summed E-state index contributed by atoms with van der Waals surface area (Å²) in [6, 6.07) is 13.1. The Bertz CT molecular complexity index is 979. The first-order chi connectivity index (χ1) is 12.9. The zero-order chi connectivity index (χ0) is 19.0. The van der Waals surface area contributed by atoms with Crippen molar-refractivity contribution in [2.24, 2.45) is 0 Å². The molecule has 0 saturated carbocycles. The van der Waals surface area contributed by atoms with Gasteiger partial charge in [-0.2, -0.15) is 18.3 Å². The summed E-state index contributed by atoms with van der Waals surface area (Å²) in [4.78, 5) is 0. The number of benzene rings is 2. The smallest absolute Gasteiger partial charge is 0.370 e. The van der Waals surface area contributed by atoms with Gasteiger partial charge in [0.2, 0.25) is 0 Å². The van der Waals surface area contributed by atoms with Gasteiger partial charge < -0.3 is 5.32 Å². The average molecular weight is 436 g/mol. The Morgan fingerprint density at radius 3 is 2.63 bits per heavy atom. The van der Waals surface area contributed by atoms with Gasteiger partial charge in [-0.25, -0.2) is 4.68 Å². The summed E-state index contributed by atoms with van der Waals surface area (Å²) in [5.74, 6) is 0.854. The third kappa shape index (κ3) is 3.48. The van der Waals surface area contributed by atoms with Crippen molar-refractivity contribution < 1.29 is 13.2 Å². The van der Waals surface area contributed by atoms with Crippen LogP contribution >= 0.6 is 15.9 Å². The third-order valence-electron chi connectivity index (χ3n) is 4.67. The van der Waals surface area contributed by atoms with Crippen LogP contribution in [0.15, 0.2) is 53.0 Å². The summed E-state index contributed by atoms with van der Waals surface area (Å²) in [5.41, 5.74) is 2.23. The lowest BCUT2D eigenvalue weighted by atomic mass is 10.0. The fourth-order valence-corrected chi connectivity index (χ4v) is 3.83. The number of hydrogen-bond acceptors (Lipinski definition) is 2. The highest BCUT2D eigenvalue weighted by Gasteiger charge is 2.31. The van der Waals surface area contributed by atoms with E-state index in [9.17, 15) is 13.2 Å². The summed E-state index contributed by atoms with van der Waals surface area (Å²) >= 11 is 3.55. The van der Waals surface area contributed by atoms with E-state index in [4.69, 9.17) is 5.10 Å². The molecule has 0 spiro atoms. The Morgan fingerprint density at radius 2 is 1.85 bits per heavy atom. The summed E-state index contributed by atoms with van der Waals surface area (Å²) in [5, 5.41) is 8.13. The second-order valence-corrected chi connectivity index (χ2v) is 7.36. The molecule has 0 aliphatic carbocycles. The SMILES string of the molecule is FC(F)(F)c1cccc(-c2nn(-c3ccccc3Br)c3c2CCCCN3)c1. The first kappa shape index (κ1) is 18.1. The molecular formula is C20H17BrF3N3. The van der Waals surface area contributed by atoms with Crippen LogP contribution in [0.4, 0.5) is 19.0 Å². The lowest BCUT2D eigenvalue weighted by molar-refractivity contribution is -0.137. The maximum absolute atomic E-state index is 13.2. The van der Waals surface area contributed by atoms with Crippen LogP contribution in [0.2, 0.25) is 0 Å². The molecule has 4 rings (SSSR count). The van der Waals surface area contributed by atoms with Crippen molar-refractivity contribution in [1.29, 1.82) is 0 Å². The molecule has 7 heteroatoms. The lowest BCUT2D eigenvalue weighted by Gasteiger charge is -2.10. The van der Waals surface area contributed by atoms with E-state index in [1.54, 1.807) is 10.7 Å². The largest absolute Gasteiger partial charge is 0.416 e. The minimum Gasteiger partial charge on any atom is -0.370 e. The number of aromatic nitrogens is 2. The molecular weight excluding hydrogens is 419 g/mol. The van der Waals surface area contributed by atoms with Crippen LogP contribution in [0.5, 0.6) is 0 Å². The van der Waals surface area contributed by atoms with E-state index in [1.807, 2.05) is 24.3 Å². The molecule has 1 aromatic heterocycles. The zero-order valence-electron chi connectivity index (χ0n) is 14.4. The predicted octanol–water partition coefficient (Wildman–Crippen LogP) is 6.07. The fraction of sp³-hybridized carbons (Fsp3) is 0.250. The molecule has 0 unspecified atom stereocenters. The molecule has 1 aliphatic rings. The summed E-state index contributed by atoms with van der Waals surface area (Å²) in [6.45, 7) is 0.811. The van der Waals surface area contributed by atoms with Gasteiger partial charge >= 0.3 is 6.18 Å². The highest BCUT2D eigenvalue weighted by molar-refractivity contribution is 9.10. The number of nitrogens with one attached hydrogen (secondary N) is 1. The lowest BCUT2D eigenvalue weighted by Crippen LogP contribution is -2.07. The van der Waals surface area contributed by atoms with Crippen molar-refractivity contribution in [3.63, 3.8) is 0 Å². The van der Waals surface area contributed by atoms with Crippen molar-refractivity contribution in [1.82, 2.24) is 9.78 Å². The first-order valence-electron chi connectivity index (χ1n) is 8.73. The van der Waals surface area contributed by atoms with Crippen LogP contribution < -0.4 is 5.32 Å². The summed E-state index contributed by atoms with van der Waals surface area (Å²) < 4.78 is 42.2.